The Morgan fingerprint density at radius 2 is 1.71 bits per heavy atom. The first-order valence-electron chi connectivity index (χ1n) is 11.2. The van der Waals surface area contributed by atoms with Gasteiger partial charge in [-0.25, -0.2) is 9.97 Å². The topological polar surface area (TPSA) is 52.2 Å². The molecule has 172 valence electrons. The fourth-order valence-corrected chi connectivity index (χ4v) is 5.30. The van der Waals surface area contributed by atoms with Crippen LogP contribution in [0.15, 0.2) is 84.0 Å². The number of aryl methyl sites for hydroxylation is 2. The van der Waals surface area contributed by atoms with Gasteiger partial charge in [0.15, 0.2) is 0 Å². The van der Waals surface area contributed by atoms with Crippen molar-refractivity contribution >= 4 is 39.6 Å². The summed E-state index contributed by atoms with van der Waals surface area (Å²) in [6.45, 7) is 1.86. The Hall–Kier alpha value is -3.67. The van der Waals surface area contributed by atoms with Crippen LogP contribution in [0.4, 0.5) is 0 Å². The van der Waals surface area contributed by atoms with Crippen LogP contribution in [0.3, 0.4) is 0 Å². The van der Waals surface area contributed by atoms with Gasteiger partial charge in [0.05, 0.1) is 23.3 Å². The van der Waals surface area contributed by atoms with Gasteiger partial charge < -0.3 is 4.57 Å². The first-order chi connectivity index (χ1) is 16.9. The largest absolute Gasteiger partial charge is 0.337 e. The van der Waals surface area contributed by atoms with E-state index in [1.54, 1.807) is 16.8 Å². The predicted molar refractivity (Wildman–Crippen MR) is 141 cm³/mol. The number of imidazole rings is 2. The van der Waals surface area contributed by atoms with Crippen LogP contribution in [-0.4, -0.2) is 18.9 Å². The zero-order valence-electron chi connectivity index (χ0n) is 19.0. The fourth-order valence-electron chi connectivity index (χ4n) is 4.98. The van der Waals surface area contributed by atoms with E-state index in [-0.39, 0.29) is 11.5 Å². The summed E-state index contributed by atoms with van der Waals surface area (Å²) in [7, 11) is 1.99. The average Bonchev–Trinajstić information content (AvgIpc) is 3.40. The third-order valence-corrected chi connectivity index (χ3v) is 7.03. The SMILES string of the molecule is Cc1nc2cc(C(c3ccc(Cl)cc3)c3cncn3C)cc3c(-c4cccc(Cl)c4)cc(=O)n1c23. The Labute approximate surface area is 211 Å². The summed E-state index contributed by atoms with van der Waals surface area (Å²) in [5, 5.41) is 2.25. The maximum atomic E-state index is 13.1. The number of halogens is 2. The molecule has 0 fully saturated rings. The molecule has 6 rings (SSSR count). The molecule has 0 amide bonds. The second kappa shape index (κ2) is 8.22. The lowest BCUT2D eigenvalue weighted by atomic mass is 9.86. The Kier molecular flexibility index (Phi) is 5.13. The smallest absolute Gasteiger partial charge is 0.257 e. The first kappa shape index (κ1) is 21.8. The molecule has 0 radical (unpaired) electrons. The van der Waals surface area contributed by atoms with Gasteiger partial charge in [0.25, 0.3) is 5.56 Å². The second-order valence-electron chi connectivity index (χ2n) is 8.75. The molecule has 1 atom stereocenters. The van der Waals surface area contributed by atoms with Crippen LogP contribution in [0.1, 0.15) is 28.6 Å². The van der Waals surface area contributed by atoms with Crippen molar-refractivity contribution in [3.8, 4) is 11.1 Å². The van der Waals surface area contributed by atoms with E-state index in [0.29, 0.717) is 15.9 Å². The lowest BCUT2D eigenvalue weighted by molar-refractivity contribution is 0.793. The molecule has 3 heterocycles. The van der Waals surface area contributed by atoms with E-state index in [2.05, 4.69) is 17.1 Å². The van der Waals surface area contributed by atoms with Crippen molar-refractivity contribution in [3.63, 3.8) is 0 Å². The number of hydrogen-bond acceptors (Lipinski definition) is 3. The fraction of sp³-hybridized carbons (Fsp3) is 0.107. The van der Waals surface area contributed by atoms with Gasteiger partial charge in [0.2, 0.25) is 0 Å². The van der Waals surface area contributed by atoms with Crippen molar-refractivity contribution in [2.45, 2.75) is 12.8 Å². The first-order valence-corrected chi connectivity index (χ1v) is 11.9. The van der Waals surface area contributed by atoms with Gasteiger partial charge in [-0.3, -0.25) is 9.20 Å². The van der Waals surface area contributed by atoms with E-state index < -0.39 is 0 Å². The van der Waals surface area contributed by atoms with Crippen LogP contribution in [-0.2, 0) is 7.05 Å². The highest BCUT2D eigenvalue weighted by Gasteiger charge is 2.24. The second-order valence-corrected chi connectivity index (χ2v) is 9.62. The monoisotopic (exact) mass is 498 g/mol. The molecule has 0 bridgehead atoms. The zero-order chi connectivity index (χ0) is 24.3. The van der Waals surface area contributed by atoms with Crippen LogP contribution < -0.4 is 5.56 Å². The Balaban J connectivity index is 1.70. The molecule has 7 heteroatoms. The van der Waals surface area contributed by atoms with Crippen molar-refractivity contribution < 1.29 is 0 Å². The Morgan fingerprint density at radius 3 is 2.43 bits per heavy atom. The zero-order valence-corrected chi connectivity index (χ0v) is 20.5. The van der Waals surface area contributed by atoms with Gasteiger partial charge in [-0.1, -0.05) is 47.5 Å². The molecule has 0 aliphatic rings. The van der Waals surface area contributed by atoms with Crippen LogP contribution in [0.25, 0.3) is 27.5 Å². The van der Waals surface area contributed by atoms with Gasteiger partial charge >= 0.3 is 0 Å². The third kappa shape index (κ3) is 3.59. The highest BCUT2D eigenvalue weighted by Crippen LogP contribution is 2.38. The van der Waals surface area contributed by atoms with Crippen molar-refractivity contribution in [1.29, 1.82) is 0 Å². The number of rotatable bonds is 4. The highest BCUT2D eigenvalue weighted by molar-refractivity contribution is 6.31. The summed E-state index contributed by atoms with van der Waals surface area (Å²) in [6, 6.07) is 21.4. The molecule has 0 saturated carbocycles. The van der Waals surface area contributed by atoms with E-state index in [0.717, 1.165) is 44.4 Å². The van der Waals surface area contributed by atoms with Gasteiger partial charge in [-0.2, -0.15) is 0 Å². The minimum Gasteiger partial charge on any atom is -0.337 e. The summed E-state index contributed by atoms with van der Waals surface area (Å²) in [4.78, 5) is 22.3. The summed E-state index contributed by atoms with van der Waals surface area (Å²) >= 11 is 12.5. The maximum absolute atomic E-state index is 13.1. The Bertz CT molecular complexity index is 1770. The molecular formula is C28H20Cl2N4O. The molecule has 5 nitrogen and oxygen atoms in total. The molecular weight excluding hydrogens is 479 g/mol. The quantitative estimate of drug-likeness (QED) is 0.279. The van der Waals surface area contributed by atoms with Crippen molar-refractivity contribution in [2.24, 2.45) is 7.05 Å². The molecule has 35 heavy (non-hydrogen) atoms. The molecule has 0 aliphatic heterocycles. The van der Waals surface area contributed by atoms with Gasteiger partial charge in [0.1, 0.15) is 5.82 Å². The van der Waals surface area contributed by atoms with Gasteiger partial charge in [0, 0.05) is 40.4 Å². The normalized spacial score (nSPS) is 12.6. The lowest BCUT2D eigenvalue weighted by Gasteiger charge is -2.20. The molecule has 0 N–H and O–H groups in total. The van der Waals surface area contributed by atoms with Gasteiger partial charge in [-0.05, 0) is 65.6 Å². The minimum absolute atomic E-state index is 0.107. The van der Waals surface area contributed by atoms with Crippen LogP contribution in [0, 0.1) is 6.92 Å². The van der Waals surface area contributed by atoms with Crippen molar-refractivity contribution in [1.82, 2.24) is 18.9 Å². The van der Waals surface area contributed by atoms with Crippen molar-refractivity contribution in [2.75, 3.05) is 0 Å². The van der Waals surface area contributed by atoms with Crippen LogP contribution in [0.2, 0.25) is 10.0 Å². The molecule has 6 aromatic rings. The minimum atomic E-state index is -0.110. The molecule has 0 spiro atoms. The predicted octanol–water partition coefficient (Wildman–Crippen LogP) is 6.48. The number of aromatic nitrogens is 4. The average molecular weight is 499 g/mol. The molecule has 3 aromatic carbocycles. The highest BCUT2D eigenvalue weighted by atomic mass is 35.5. The lowest BCUT2D eigenvalue weighted by Crippen LogP contribution is -2.14. The standard InChI is InChI=1S/C28H20Cl2N4O/c1-16-32-24-12-19(27(25-14-31-15-33(25)2)17-6-8-20(29)9-7-17)11-23-22(13-26(35)34(16)28(23)24)18-4-3-5-21(30)10-18/h3-15,27H,1-2H3. The number of benzene rings is 3. The van der Waals surface area contributed by atoms with E-state index >= 15 is 0 Å². The summed E-state index contributed by atoms with van der Waals surface area (Å²) < 4.78 is 3.71. The summed E-state index contributed by atoms with van der Waals surface area (Å²) in [5.41, 5.74) is 6.36. The third-order valence-electron chi connectivity index (χ3n) is 6.54. The summed E-state index contributed by atoms with van der Waals surface area (Å²) in [6.07, 6.45) is 3.69. The molecule has 0 aliphatic carbocycles. The molecule has 3 aromatic heterocycles. The van der Waals surface area contributed by atoms with E-state index in [9.17, 15) is 4.79 Å². The maximum Gasteiger partial charge on any atom is 0.257 e. The van der Waals surface area contributed by atoms with E-state index in [4.69, 9.17) is 28.2 Å². The summed E-state index contributed by atoms with van der Waals surface area (Å²) in [5.74, 6) is 0.553. The van der Waals surface area contributed by atoms with E-state index in [1.165, 1.54) is 0 Å². The molecule has 1 unspecified atom stereocenters. The number of pyridine rings is 1. The van der Waals surface area contributed by atoms with E-state index in [1.807, 2.05) is 73.3 Å². The van der Waals surface area contributed by atoms with Crippen LogP contribution in [0.5, 0.6) is 0 Å². The number of nitrogens with zero attached hydrogens (tertiary/aromatic N) is 4. The van der Waals surface area contributed by atoms with Crippen molar-refractivity contribution in [3.05, 3.63) is 122 Å². The Morgan fingerprint density at radius 1 is 0.914 bits per heavy atom. The molecule has 0 saturated heterocycles. The van der Waals surface area contributed by atoms with Crippen LogP contribution >= 0.6 is 23.2 Å². The van der Waals surface area contributed by atoms with Gasteiger partial charge in [-0.15, -0.1) is 0 Å². The number of hydrogen-bond donors (Lipinski definition) is 0.